The number of amides is 1. The van der Waals surface area contributed by atoms with Crippen molar-refractivity contribution in [2.24, 2.45) is 0 Å². The maximum Gasteiger partial charge on any atom is 0.417 e. The first kappa shape index (κ1) is 22.7. The molecule has 0 unspecified atom stereocenters. The lowest BCUT2D eigenvalue weighted by atomic mass is 9.90. The van der Waals surface area contributed by atoms with Gasteiger partial charge in [0, 0.05) is 54.2 Å². The second-order valence-corrected chi connectivity index (χ2v) is 8.09. The molecule has 1 aliphatic heterocycles. The number of alkyl halides is 3. The van der Waals surface area contributed by atoms with Gasteiger partial charge in [0.2, 0.25) is 0 Å². The summed E-state index contributed by atoms with van der Waals surface area (Å²) in [5, 5.41) is 15.9. The van der Waals surface area contributed by atoms with Gasteiger partial charge >= 0.3 is 6.18 Å². The molecule has 0 spiro atoms. The van der Waals surface area contributed by atoms with Crippen LogP contribution in [0.4, 0.5) is 35.9 Å². The molecule has 3 aromatic rings. The summed E-state index contributed by atoms with van der Waals surface area (Å²) in [5.74, 6) is -0.282. The molecule has 0 radical (unpaired) electrons. The molecule has 1 saturated heterocycles. The Kier molecular flexibility index (Phi) is 6.29. The van der Waals surface area contributed by atoms with Crippen molar-refractivity contribution in [1.82, 2.24) is 0 Å². The van der Waals surface area contributed by atoms with E-state index in [1.165, 1.54) is 0 Å². The summed E-state index contributed by atoms with van der Waals surface area (Å²) in [6.45, 7) is 0.176. The highest BCUT2D eigenvalue weighted by Gasteiger charge is 2.54. The van der Waals surface area contributed by atoms with Crippen molar-refractivity contribution in [3.63, 3.8) is 0 Å². The van der Waals surface area contributed by atoms with Gasteiger partial charge in [-0.2, -0.15) is 13.2 Å². The number of hydrogen-bond acceptors (Lipinski definition) is 4. The van der Waals surface area contributed by atoms with Crippen LogP contribution in [0.5, 0.6) is 0 Å². The van der Waals surface area contributed by atoms with Crippen LogP contribution in [0.2, 0.25) is 0 Å². The Balaban J connectivity index is 1.33. The highest BCUT2D eigenvalue weighted by molar-refractivity contribution is 6.04. The van der Waals surface area contributed by atoms with Gasteiger partial charge in [-0.05, 0) is 60.7 Å². The van der Waals surface area contributed by atoms with Crippen molar-refractivity contribution in [1.29, 1.82) is 0 Å². The van der Waals surface area contributed by atoms with E-state index in [4.69, 9.17) is 0 Å². The van der Waals surface area contributed by atoms with Crippen LogP contribution in [0.15, 0.2) is 78.9 Å². The average molecular weight is 455 g/mol. The number of carbonyl (C=O) groups is 1. The lowest BCUT2D eigenvalue weighted by Crippen LogP contribution is -2.53. The zero-order valence-electron chi connectivity index (χ0n) is 17.8. The molecule has 3 aromatic carbocycles. The number of nitrogens with one attached hydrogen (secondary N) is 2. The molecule has 1 aliphatic rings. The lowest BCUT2D eigenvalue weighted by molar-refractivity contribution is -0.266. The largest absolute Gasteiger partial charge is 0.417 e. The quantitative estimate of drug-likeness (QED) is 0.470. The Labute approximate surface area is 189 Å². The second-order valence-electron chi connectivity index (χ2n) is 8.09. The maximum absolute atomic E-state index is 13.0. The second kappa shape index (κ2) is 9.15. The summed E-state index contributed by atoms with van der Waals surface area (Å²) in [6.07, 6.45) is -5.39. The smallest absolute Gasteiger partial charge is 0.380 e. The molecular formula is C25H24F3N3O2. The number of piperidine rings is 1. The summed E-state index contributed by atoms with van der Waals surface area (Å²) in [4.78, 5) is 14.4. The first-order valence-corrected chi connectivity index (χ1v) is 10.6. The zero-order valence-corrected chi connectivity index (χ0v) is 17.8. The molecule has 5 nitrogen and oxygen atoms in total. The van der Waals surface area contributed by atoms with Gasteiger partial charge in [-0.15, -0.1) is 0 Å². The van der Waals surface area contributed by atoms with Crippen LogP contribution in [0.1, 0.15) is 23.2 Å². The number of rotatable bonds is 5. The lowest BCUT2D eigenvalue weighted by Gasteiger charge is -2.40. The van der Waals surface area contributed by atoms with E-state index < -0.39 is 11.8 Å². The highest BCUT2D eigenvalue weighted by atomic mass is 19.4. The van der Waals surface area contributed by atoms with E-state index in [1.54, 1.807) is 41.3 Å². The molecule has 0 saturated carbocycles. The third-order valence-electron chi connectivity index (χ3n) is 5.82. The molecule has 8 heteroatoms. The van der Waals surface area contributed by atoms with Crippen molar-refractivity contribution in [2.45, 2.75) is 24.6 Å². The SMILES string of the molecule is O=C(Nc1ccc(Nc2ccccc2)cc1)c1ccc(N2CCC(O)(C(F)(F)F)CC2)cc1. The van der Waals surface area contributed by atoms with E-state index in [0.29, 0.717) is 16.9 Å². The van der Waals surface area contributed by atoms with Gasteiger partial charge < -0.3 is 20.6 Å². The Morgan fingerprint density at radius 2 is 1.36 bits per heavy atom. The van der Waals surface area contributed by atoms with Crippen LogP contribution >= 0.6 is 0 Å². The molecule has 1 fully saturated rings. The number of para-hydroxylation sites is 1. The van der Waals surface area contributed by atoms with Gasteiger partial charge in [0.25, 0.3) is 5.91 Å². The molecule has 0 aliphatic carbocycles. The van der Waals surface area contributed by atoms with Crippen LogP contribution in [0, 0.1) is 0 Å². The van der Waals surface area contributed by atoms with E-state index in [9.17, 15) is 23.1 Å². The van der Waals surface area contributed by atoms with Crippen molar-refractivity contribution < 1.29 is 23.1 Å². The Hall–Kier alpha value is -3.52. The fraction of sp³-hybridized carbons (Fsp3) is 0.240. The first-order valence-electron chi connectivity index (χ1n) is 10.6. The molecule has 172 valence electrons. The number of carbonyl (C=O) groups excluding carboxylic acids is 1. The standard InChI is InChI=1S/C25H24F3N3O2/c26-25(27,28)24(33)14-16-31(17-15-24)22-12-6-18(7-13-22)23(32)30-21-10-8-20(9-11-21)29-19-4-2-1-3-5-19/h1-13,29,33H,14-17H2,(H,30,32). The van der Waals surface area contributed by atoms with E-state index in [2.05, 4.69) is 10.6 Å². The predicted molar refractivity (Wildman–Crippen MR) is 123 cm³/mol. The third kappa shape index (κ3) is 5.28. The molecule has 4 rings (SSSR count). The van der Waals surface area contributed by atoms with Crippen LogP contribution in [0.25, 0.3) is 0 Å². The maximum atomic E-state index is 13.0. The molecule has 1 heterocycles. The van der Waals surface area contributed by atoms with Crippen molar-refractivity contribution in [3.8, 4) is 0 Å². The van der Waals surface area contributed by atoms with Crippen LogP contribution in [-0.2, 0) is 0 Å². The molecule has 0 aromatic heterocycles. The number of aliphatic hydroxyl groups is 1. The van der Waals surface area contributed by atoms with Crippen LogP contribution in [-0.4, -0.2) is 35.9 Å². The Morgan fingerprint density at radius 1 is 0.818 bits per heavy atom. The number of nitrogens with zero attached hydrogens (tertiary/aromatic N) is 1. The minimum atomic E-state index is -4.63. The van der Waals surface area contributed by atoms with E-state index in [-0.39, 0.29) is 31.8 Å². The van der Waals surface area contributed by atoms with E-state index in [0.717, 1.165) is 11.4 Å². The summed E-state index contributed by atoms with van der Waals surface area (Å²) in [6, 6.07) is 23.8. The number of hydrogen-bond donors (Lipinski definition) is 3. The van der Waals surface area contributed by atoms with Crippen LogP contribution < -0.4 is 15.5 Å². The van der Waals surface area contributed by atoms with Gasteiger partial charge in [0.15, 0.2) is 5.60 Å². The molecule has 1 amide bonds. The molecule has 33 heavy (non-hydrogen) atoms. The van der Waals surface area contributed by atoms with Gasteiger partial charge in [0.1, 0.15) is 0 Å². The van der Waals surface area contributed by atoms with E-state index in [1.807, 2.05) is 42.5 Å². The van der Waals surface area contributed by atoms with Gasteiger partial charge in [-0.1, -0.05) is 18.2 Å². The zero-order chi connectivity index (χ0) is 23.5. The Morgan fingerprint density at radius 3 is 1.94 bits per heavy atom. The van der Waals surface area contributed by atoms with Gasteiger partial charge in [-0.3, -0.25) is 4.79 Å². The summed E-state index contributed by atoms with van der Waals surface area (Å²) >= 11 is 0. The minimum Gasteiger partial charge on any atom is -0.380 e. The number of anilines is 4. The predicted octanol–water partition coefficient (Wildman–Crippen LogP) is 5.58. The molecule has 0 bridgehead atoms. The summed E-state index contributed by atoms with van der Waals surface area (Å²) < 4.78 is 38.9. The van der Waals surface area contributed by atoms with Crippen molar-refractivity contribution >= 4 is 28.7 Å². The fourth-order valence-corrected chi connectivity index (χ4v) is 3.77. The third-order valence-corrected chi connectivity index (χ3v) is 5.82. The highest BCUT2D eigenvalue weighted by Crippen LogP contribution is 2.39. The topological polar surface area (TPSA) is 64.6 Å². The number of halogens is 3. The van der Waals surface area contributed by atoms with Crippen molar-refractivity contribution in [3.05, 3.63) is 84.4 Å². The monoisotopic (exact) mass is 455 g/mol. The van der Waals surface area contributed by atoms with E-state index >= 15 is 0 Å². The normalized spacial score (nSPS) is 15.7. The van der Waals surface area contributed by atoms with Crippen molar-refractivity contribution in [2.75, 3.05) is 28.6 Å². The number of benzene rings is 3. The molecular weight excluding hydrogens is 431 g/mol. The summed E-state index contributed by atoms with van der Waals surface area (Å²) in [5.41, 5.74) is 1.02. The first-order chi connectivity index (χ1) is 15.7. The summed E-state index contributed by atoms with van der Waals surface area (Å²) in [7, 11) is 0. The average Bonchev–Trinajstić information content (AvgIpc) is 2.81. The van der Waals surface area contributed by atoms with Crippen LogP contribution in [0.3, 0.4) is 0 Å². The van der Waals surface area contributed by atoms with Gasteiger partial charge in [0.05, 0.1) is 0 Å². The Bertz CT molecular complexity index is 1080. The van der Waals surface area contributed by atoms with Gasteiger partial charge in [-0.25, -0.2) is 0 Å². The fourth-order valence-electron chi connectivity index (χ4n) is 3.77. The molecule has 3 N–H and O–H groups in total. The minimum absolute atomic E-state index is 0.0882. The molecule has 0 atom stereocenters.